The molecule has 5 nitrogen and oxygen atoms in total. The minimum atomic E-state index is -0.332. The van der Waals surface area contributed by atoms with E-state index in [1.165, 1.54) is 0 Å². The molecule has 0 radical (unpaired) electrons. The number of aromatic nitrogens is 3. The molecule has 2 rings (SSSR count). The van der Waals surface area contributed by atoms with E-state index in [4.69, 9.17) is 17.3 Å². The third kappa shape index (κ3) is 2.61. The molecule has 2 aromatic heterocycles. The van der Waals surface area contributed by atoms with Crippen LogP contribution in [0.25, 0.3) is 11.2 Å². The van der Waals surface area contributed by atoms with Crippen molar-refractivity contribution in [3.05, 3.63) is 23.7 Å². The molecule has 2 heterocycles. The van der Waals surface area contributed by atoms with E-state index in [1.807, 2.05) is 23.6 Å². The molecule has 0 atom stereocenters. The van der Waals surface area contributed by atoms with Crippen molar-refractivity contribution >= 4 is 28.7 Å². The lowest BCUT2D eigenvalue weighted by Gasteiger charge is -2.06. The number of pyridine rings is 1. The number of aryl methyl sites for hydroxylation is 3. The Bertz CT molecular complexity index is 579. The summed E-state index contributed by atoms with van der Waals surface area (Å²) in [6, 6.07) is 3.84. The first kappa shape index (κ1) is 12.8. The van der Waals surface area contributed by atoms with Crippen LogP contribution in [0.2, 0.25) is 0 Å². The van der Waals surface area contributed by atoms with Gasteiger partial charge in [-0.2, -0.15) is 0 Å². The van der Waals surface area contributed by atoms with Crippen LogP contribution in [-0.4, -0.2) is 26.3 Å². The molecular weight excluding hydrogens is 252 g/mol. The fourth-order valence-corrected chi connectivity index (χ4v) is 2.04. The van der Waals surface area contributed by atoms with Crippen molar-refractivity contribution < 1.29 is 4.79 Å². The number of hydrogen-bond donors (Lipinski definition) is 1. The lowest BCUT2D eigenvalue weighted by atomic mass is 10.3. The third-order valence-electron chi connectivity index (χ3n) is 2.71. The highest BCUT2D eigenvalue weighted by molar-refractivity contribution is 6.17. The van der Waals surface area contributed by atoms with Crippen LogP contribution in [-0.2, 0) is 17.8 Å². The molecule has 2 N–H and O–H groups in total. The minimum Gasteiger partial charge on any atom is -0.370 e. The summed E-state index contributed by atoms with van der Waals surface area (Å²) >= 11 is 5.76. The first-order valence-corrected chi connectivity index (χ1v) is 6.32. The zero-order chi connectivity index (χ0) is 13.1. The number of fused-ring (bicyclic) bond motifs is 1. The van der Waals surface area contributed by atoms with Crippen molar-refractivity contribution in [1.82, 2.24) is 14.5 Å². The van der Waals surface area contributed by atoms with Crippen LogP contribution in [0.4, 0.5) is 0 Å². The number of carbonyl (C=O) groups excluding carboxylic acids is 1. The first-order valence-electron chi connectivity index (χ1n) is 5.79. The second-order valence-electron chi connectivity index (χ2n) is 4.13. The van der Waals surface area contributed by atoms with Crippen molar-refractivity contribution in [3.8, 4) is 0 Å². The van der Waals surface area contributed by atoms with Gasteiger partial charge in [0.1, 0.15) is 11.3 Å². The molecule has 0 aliphatic rings. The summed E-state index contributed by atoms with van der Waals surface area (Å²) in [6.07, 6.45) is 0.923. The maximum absolute atomic E-state index is 10.9. The van der Waals surface area contributed by atoms with E-state index in [0.29, 0.717) is 18.8 Å². The average molecular weight is 267 g/mol. The molecule has 0 saturated heterocycles. The largest absolute Gasteiger partial charge is 0.370 e. The molecule has 0 fully saturated rings. The van der Waals surface area contributed by atoms with Crippen molar-refractivity contribution in [2.75, 3.05) is 5.88 Å². The van der Waals surface area contributed by atoms with Gasteiger partial charge in [0.05, 0.1) is 0 Å². The summed E-state index contributed by atoms with van der Waals surface area (Å²) in [7, 11) is 0. The van der Waals surface area contributed by atoms with Gasteiger partial charge in [-0.3, -0.25) is 4.79 Å². The Kier molecular flexibility index (Phi) is 3.81. The molecule has 0 aromatic carbocycles. The molecule has 0 unspecified atom stereocenters. The van der Waals surface area contributed by atoms with Gasteiger partial charge < -0.3 is 10.3 Å². The van der Waals surface area contributed by atoms with E-state index in [2.05, 4.69) is 9.97 Å². The van der Waals surface area contributed by atoms with Gasteiger partial charge in [-0.05, 0) is 19.1 Å². The van der Waals surface area contributed by atoms with Crippen LogP contribution >= 0.6 is 11.6 Å². The topological polar surface area (TPSA) is 73.8 Å². The summed E-state index contributed by atoms with van der Waals surface area (Å²) in [4.78, 5) is 19.9. The van der Waals surface area contributed by atoms with Gasteiger partial charge in [0.15, 0.2) is 5.65 Å². The van der Waals surface area contributed by atoms with Crippen LogP contribution in [0, 0.1) is 6.92 Å². The first-order chi connectivity index (χ1) is 8.61. The number of imidazole rings is 1. The number of carbonyl (C=O) groups is 1. The van der Waals surface area contributed by atoms with E-state index in [0.717, 1.165) is 22.7 Å². The Morgan fingerprint density at radius 2 is 2.22 bits per heavy atom. The highest BCUT2D eigenvalue weighted by atomic mass is 35.5. The van der Waals surface area contributed by atoms with Gasteiger partial charge in [-0.25, -0.2) is 9.97 Å². The number of halogens is 1. The fourth-order valence-electron chi connectivity index (χ4n) is 1.88. The molecule has 0 bridgehead atoms. The van der Waals surface area contributed by atoms with Crippen molar-refractivity contribution in [2.45, 2.75) is 26.3 Å². The molecule has 0 aliphatic carbocycles. The van der Waals surface area contributed by atoms with E-state index >= 15 is 0 Å². The van der Waals surface area contributed by atoms with Gasteiger partial charge in [0.2, 0.25) is 5.91 Å². The van der Waals surface area contributed by atoms with Crippen LogP contribution in [0.3, 0.4) is 0 Å². The quantitative estimate of drug-likeness (QED) is 0.831. The molecule has 1 amide bonds. The highest BCUT2D eigenvalue weighted by Gasteiger charge is 2.12. The van der Waals surface area contributed by atoms with Gasteiger partial charge >= 0.3 is 0 Å². The van der Waals surface area contributed by atoms with E-state index in [9.17, 15) is 4.79 Å². The van der Waals surface area contributed by atoms with Crippen LogP contribution in [0.1, 0.15) is 17.9 Å². The van der Waals surface area contributed by atoms with Gasteiger partial charge in [-0.1, -0.05) is 0 Å². The number of alkyl halides is 1. The Morgan fingerprint density at radius 3 is 2.89 bits per heavy atom. The number of hydrogen-bond acceptors (Lipinski definition) is 3. The molecule has 18 heavy (non-hydrogen) atoms. The third-order valence-corrected chi connectivity index (χ3v) is 2.90. The number of nitrogens with two attached hydrogens (primary N) is 1. The lowest BCUT2D eigenvalue weighted by molar-refractivity contribution is -0.118. The molecule has 96 valence electrons. The summed E-state index contributed by atoms with van der Waals surface area (Å²) < 4.78 is 1.93. The number of primary amides is 1. The van der Waals surface area contributed by atoms with Gasteiger partial charge in [0, 0.05) is 31.0 Å². The zero-order valence-corrected chi connectivity index (χ0v) is 10.9. The normalized spacial score (nSPS) is 11.0. The van der Waals surface area contributed by atoms with Crippen molar-refractivity contribution in [3.63, 3.8) is 0 Å². The standard InChI is InChI=1S/C12H15ClN4O/c1-8-2-3-9-12(15-8)17(7-5-10(14)18)11(16-9)4-6-13/h2-3H,4-7H2,1H3,(H2,14,18). The highest BCUT2D eigenvalue weighted by Crippen LogP contribution is 2.16. The van der Waals surface area contributed by atoms with E-state index in [-0.39, 0.29) is 12.3 Å². The van der Waals surface area contributed by atoms with Gasteiger partial charge in [0.25, 0.3) is 0 Å². The fraction of sp³-hybridized carbons (Fsp3) is 0.417. The van der Waals surface area contributed by atoms with Gasteiger partial charge in [-0.15, -0.1) is 11.6 Å². The maximum atomic E-state index is 10.9. The molecule has 6 heteroatoms. The smallest absolute Gasteiger partial charge is 0.219 e. The number of amides is 1. The zero-order valence-electron chi connectivity index (χ0n) is 10.2. The average Bonchev–Trinajstić information content (AvgIpc) is 2.64. The number of rotatable bonds is 5. The Morgan fingerprint density at radius 1 is 1.44 bits per heavy atom. The Balaban J connectivity index is 2.46. The second kappa shape index (κ2) is 5.35. The monoisotopic (exact) mass is 266 g/mol. The van der Waals surface area contributed by atoms with Crippen molar-refractivity contribution in [1.29, 1.82) is 0 Å². The summed E-state index contributed by atoms with van der Waals surface area (Å²) in [6.45, 7) is 2.42. The van der Waals surface area contributed by atoms with Crippen molar-refractivity contribution in [2.24, 2.45) is 5.73 Å². The molecule has 2 aromatic rings. The van der Waals surface area contributed by atoms with Crippen LogP contribution in [0.15, 0.2) is 12.1 Å². The predicted molar refractivity (Wildman–Crippen MR) is 70.5 cm³/mol. The number of nitrogens with zero attached hydrogens (tertiary/aromatic N) is 3. The van der Waals surface area contributed by atoms with E-state index < -0.39 is 0 Å². The summed E-state index contributed by atoms with van der Waals surface area (Å²) in [5.74, 6) is 1.000. The van der Waals surface area contributed by atoms with Crippen LogP contribution in [0.5, 0.6) is 0 Å². The Hall–Kier alpha value is -1.62. The molecule has 0 saturated carbocycles. The Labute approximate surface area is 110 Å². The second-order valence-corrected chi connectivity index (χ2v) is 4.51. The minimum absolute atomic E-state index is 0.274. The molecule has 0 spiro atoms. The predicted octanol–water partition coefficient (Wildman–Crippen LogP) is 1.40. The maximum Gasteiger partial charge on any atom is 0.219 e. The molecular formula is C12H15ClN4O. The lowest BCUT2D eigenvalue weighted by Crippen LogP contribution is -2.15. The van der Waals surface area contributed by atoms with E-state index in [1.54, 1.807) is 0 Å². The summed E-state index contributed by atoms with van der Waals surface area (Å²) in [5, 5.41) is 0. The molecule has 0 aliphatic heterocycles. The summed E-state index contributed by atoms with van der Waals surface area (Å²) in [5.41, 5.74) is 7.72. The van der Waals surface area contributed by atoms with Crippen LogP contribution < -0.4 is 5.73 Å². The SMILES string of the molecule is Cc1ccc2nc(CCCl)n(CCC(N)=O)c2n1.